The molecular weight excluding hydrogens is 262 g/mol. The Hall–Kier alpha value is -0.870. The van der Waals surface area contributed by atoms with Crippen LogP contribution in [0.5, 0.6) is 0 Å². The molecule has 1 aromatic rings. The normalized spacial score (nSPS) is 23.7. The molecule has 5 heteroatoms. The Kier molecular flexibility index (Phi) is 4.63. The molecule has 2 heterocycles. The molecule has 0 radical (unpaired) electrons. The van der Waals surface area contributed by atoms with Crippen molar-refractivity contribution in [1.29, 1.82) is 0 Å². The quantitative estimate of drug-likeness (QED) is 0.796. The Morgan fingerprint density at radius 2 is 2.26 bits per heavy atom. The van der Waals surface area contributed by atoms with Crippen LogP contribution in [0.2, 0.25) is 5.15 Å². The van der Waals surface area contributed by atoms with Gasteiger partial charge in [-0.1, -0.05) is 24.9 Å². The summed E-state index contributed by atoms with van der Waals surface area (Å²) < 4.78 is 5.64. The molecule has 1 fully saturated rings. The highest BCUT2D eigenvalue weighted by Gasteiger charge is 2.32. The Bertz CT molecular complexity index is 441. The van der Waals surface area contributed by atoms with Crippen molar-refractivity contribution in [3.8, 4) is 0 Å². The van der Waals surface area contributed by atoms with Gasteiger partial charge in [0.2, 0.25) is 0 Å². The van der Waals surface area contributed by atoms with E-state index in [1.807, 2.05) is 0 Å². The highest BCUT2D eigenvalue weighted by molar-refractivity contribution is 6.30. The van der Waals surface area contributed by atoms with Gasteiger partial charge in [-0.3, -0.25) is 0 Å². The minimum Gasteiger partial charge on any atom is -0.377 e. The summed E-state index contributed by atoms with van der Waals surface area (Å²) in [7, 11) is 1.78. The van der Waals surface area contributed by atoms with Gasteiger partial charge < -0.3 is 9.64 Å². The molecule has 0 aliphatic carbocycles. The molecule has 1 atom stereocenters. The zero-order valence-electron chi connectivity index (χ0n) is 11.9. The Labute approximate surface area is 120 Å². The molecule has 1 aromatic heterocycles. The Balaban J connectivity index is 2.28. The molecule has 1 aliphatic rings. The fraction of sp³-hybridized carbons (Fsp3) is 0.714. The summed E-state index contributed by atoms with van der Waals surface area (Å²) in [6, 6.07) is 0. The summed E-state index contributed by atoms with van der Waals surface area (Å²) >= 11 is 6.22. The van der Waals surface area contributed by atoms with Crippen molar-refractivity contribution in [1.82, 2.24) is 9.97 Å². The molecule has 0 N–H and O–H groups in total. The predicted molar refractivity (Wildman–Crippen MR) is 77.9 cm³/mol. The third-order valence-electron chi connectivity index (χ3n) is 3.82. The monoisotopic (exact) mass is 283 g/mol. The van der Waals surface area contributed by atoms with Crippen LogP contribution < -0.4 is 4.90 Å². The summed E-state index contributed by atoms with van der Waals surface area (Å²) in [6.45, 7) is 6.15. The second-order valence-corrected chi connectivity index (χ2v) is 5.75. The van der Waals surface area contributed by atoms with Crippen LogP contribution in [0.1, 0.15) is 38.7 Å². The number of hydrogen-bond donors (Lipinski definition) is 0. The third-order valence-corrected chi connectivity index (χ3v) is 4.15. The van der Waals surface area contributed by atoms with Gasteiger partial charge in [-0.05, 0) is 26.2 Å². The van der Waals surface area contributed by atoms with Crippen molar-refractivity contribution in [2.75, 3.05) is 25.1 Å². The van der Waals surface area contributed by atoms with Gasteiger partial charge in [-0.25, -0.2) is 9.97 Å². The van der Waals surface area contributed by atoms with Crippen LogP contribution in [-0.4, -0.2) is 35.8 Å². The van der Waals surface area contributed by atoms with Gasteiger partial charge in [0, 0.05) is 25.8 Å². The number of halogens is 1. The summed E-state index contributed by atoms with van der Waals surface area (Å²) in [5.41, 5.74) is 0.964. The van der Waals surface area contributed by atoms with E-state index in [1.165, 1.54) is 0 Å². The van der Waals surface area contributed by atoms with Crippen LogP contribution in [0.4, 0.5) is 5.82 Å². The number of anilines is 1. The molecule has 0 bridgehead atoms. The standard InChI is InChI=1S/C14H22ClN3O/c1-4-6-11-12(15)16-10-17-13(11)18-8-5-7-14(2,9-18)19-3/h10H,4-9H2,1-3H3. The van der Waals surface area contributed by atoms with Crippen LogP contribution in [0.25, 0.3) is 0 Å². The summed E-state index contributed by atoms with van der Waals surface area (Å²) in [4.78, 5) is 10.8. The smallest absolute Gasteiger partial charge is 0.137 e. The molecule has 1 unspecified atom stereocenters. The number of aromatic nitrogens is 2. The van der Waals surface area contributed by atoms with Gasteiger partial charge in [-0.15, -0.1) is 0 Å². The first kappa shape index (κ1) is 14.5. The minimum absolute atomic E-state index is 0.0981. The van der Waals surface area contributed by atoms with Gasteiger partial charge in [0.25, 0.3) is 0 Å². The maximum Gasteiger partial charge on any atom is 0.137 e. The number of hydrogen-bond acceptors (Lipinski definition) is 4. The summed E-state index contributed by atoms with van der Waals surface area (Å²) in [6.07, 6.45) is 5.69. The summed E-state index contributed by atoms with van der Waals surface area (Å²) in [5, 5.41) is 0.580. The molecule has 19 heavy (non-hydrogen) atoms. The first-order valence-electron chi connectivity index (χ1n) is 6.89. The lowest BCUT2D eigenvalue weighted by Gasteiger charge is -2.40. The van der Waals surface area contributed by atoms with Crippen molar-refractivity contribution in [3.05, 3.63) is 17.0 Å². The van der Waals surface area contributed by atoms with E-state index in [4.69, 9.17) is 16.3 Å². The number of rotatable bonds is 4. The van der Waals surface area contributed by atoms with Crippen molar-refractivity contribution in [2.24, 2.45) is 0 Å². The van der Waals surface area contributed by atoms with Crippen molar-refractivity contribution < 1.29 is 4.74 Å². The maximum absolute atomic E-state index is 6.22. The van der Waals surface area contributed by atoms with Gasteiger partial charge in [0.15, 0.2) is 0 Å². The van der Waals surface area contributed by atoms with Crippen LogP contribution >= 0.6 is 11.6 Å². The zero-order valence-corrected chi connectivity index (χ0v) is 12.7. The van der Waals surface area contributed by atoms with Crippen molar-refractivity contribution >= 4 is 17.4 Å². The van der Waals surface area contributed by atoms with E-state index >= 15 is 0 Å². The molecule has 1 aliphatic heterocycles. The van der Waals surface area contributed by atoms with E-state index in [1.54, 1.807) is 13.4 Å². The first-order chi connectivity index (χ1) is 9.09. The molecule has 0 spiro atoms. The fourth-order valence-corrected chi connectivity index (χ4v) is 2.90. The maximum atomic E-state index is 6.22. The van der Waals surface area contributed by atoms with Gasteiger partial charge >= 0.3 is 0 Å². The average Bonchev–Trinajstić information content (AvgIpc) is 2.41. The SMILES string of the molecule is CCCc1c(Cl)ncnc1N1CCCC(C)(OC)C1. The van der Waals surface area contributed by atoms with Crippen LogP contribution in [0.15, 0.2) is 6.33 Å². The molecule has 1 saturated heterocycles. The lowest BCUT2D eigenvalue weighted by Crippen LogP contribution is -2.48. The van der Waals surface area contributed by atoms with Gasteiger partial charge in [-0.2, -0.15) is 0 Å². The number of methoxy groups -OCH3 is 1. The first-order valence-corrected chi connectivity index (χ1v) is 7.27. The molecule has 4 nitrogen and oxygen atoms in total. The van der Waals surface area contributed by atoms with E-state index < -0.39 is 0 Å². The third kappa shape index (κ3) is 3.18. The molecule has 106 valence electrons. The fourth-order valence-electron chi connectivity index (χ4n) is 2.67. The van der Waals surface area contributed by atoms with Gasteiger partial charge in [0.05, 0.1) is 5.60 Å². The average molecular weight is 284 g/mol. The largest absolute Gasteiger partial charge is 0.377 e. The van der Waals surface area contributed by atoms with E-state index in [9.17, 15) is 0 Å². The van der Waals surface area contributed by atoms with E-state index in [2.05, 4.69) is 28.7 Å². The molecule has 0 aromatic carbocycles. The topological polar surface area (TPSA) is 38.2 Å². The zero-order chi connectivity index (χ0) is 13.9. The Morgan fingerprint density at radius 1 is 1.47 bits per heavy atom. The minimum atomic E-state index is -0.0981. The highest BCUT2D eigenvalue weighted by atomic mass is 35.5. The lowest BCUT2D eigenvalue weighted by molar-refractivity contribution is -0.00485. The van der Waals surface area contributed by atoms with E-state index in [-0.39, 0.29) is 5.60 Å². The van der Waals surface area contributed by atoms with Gasteiger partial charge in [0.1, 0.15) is 17.3 Å². The van der Waals surface area contributed by atoms with E-state index in [0.717, 1.165) is 50.2 Å². The van der Waals surface area contributed by atoms with Crippen molar-refractivity contribution in [3.63, 3.8) is 0 Å². The number of nitrogens with zero attached hydrogens (tertiary/aromatic N) is 3. The number of ether oxygens (including phenoxy) is 1. The highest BCUT2D eigenvalue weighted by Crippen LogP contribution is 2.31. The molecule has 0 saturated carbocycles. The summed E-state index contributed by atoms with van der Waals surface area (Å²) in [5.74, 6) is 0.977. The molecule has 0 amide bonds. The lowest BCUT2D eigenvalue weighted by atomic mass is 9.94. The van der Waals surface area contributed by atoms with E-state index in [0.29, 0.717) is 5.15 Å². The van der Waals surface area contributed by atoms with Crippen LogP contribution in [0, 0.1) is 0 Å². The second kappa shape index (κ2) is 6.06. The van der Waals surface area contributed by atoms with Crippen molar-refractivity contribution in [2.45, 2.75) is 45.1 Å². The Morgan fingerprint density at radius 3 is 2.95 bits per heavy atom. The predicted octanol–water partition coefficient (Wildman–Crippen LogP) is 3.09. The molecule has 2 rings (SSSR count). The molecular formula is C14H22ClN3O. The number of piperidine rings is 1. The second-order valence-electron chi connectivity index (χ2n) is 5.40. The van der Waals surface area contributed by atoms with Crippen LogP contribution in [0.3, 0.4) is 0 Å². The van der Waals surface area contributed by atoms with Crippen LogP contribution in [-0.2, 0) is 11.2 Å².